The van der Waals surface area contributed by atoms with Crippen molar-refractivity contribution in [1.29, 1.82) is 5.26 Å². The van der Waals surface area contributed by atoms with Gasteiger partial charge in [-0.2, -0.15) is 5.26 Å². The smallest absolute Gasteiger partial charge is 0.0950 e. The van der Waals surface area contributed by atoms with E-state index >= 15 is 0 Å². The second kappa shape index (κ2) is 6.26. The van der Waals surface area contributed by atoms with E-state index in [-0.39, 0.29) is 6.04 Å². The first-order valence-electron chi connectivity index (χ1n) is 7.60. The van der Waals surface area contributed by atoms with E-state index in [4.69, 9.17) is 5.26 Å². The van der Waals surface area contributed by atoms with Crippen molar-refractivity contribution in [3.63, 3.8) is 0 Å². The summed E-state index contributed by atoms with van der Waals surface area (Å²) in [7, 11) is 0. The fourth-order valence-electron chi connectivity index (χ4n) is 3.06. The number of nitrogens with zero attached hydrogens (tertiary/aromatic N) is 3. The van der Waals surface area contributed by atoms with E-state index in [0.29, 0.717) is 0 Å². The van der Waals surface area contributed by atoms with Gasteiger partial charge in [0.2, 0.25) is 0 Å². The van der Waals surface area contributed by atoms with Gasteiger partial charge >= 0.3 is 0 Å². The molecule has 0 amide bonds. The Morgan fingerprint density at radius 1 is 1.05 bits per heavy atom. The molecule has 3 heteroatoms. The summed E-state index contributed by atoms with van der Waals surface area (Å²) in [6, 6.07) is 17.5. The normalized spacial score (nSPS) is 18.5. The molecule has 0 aliphatic carbocycles. The highest BCUT2D eigenvalue weighted by atomic mass is 15.3. The van der Waals surface area contributed by atoms with E-state index in [0.717, 1.165) is 32.7 Å². The minimum atomic E-state index is 0.0321. The molecule has 0 saturated carbocycles. The van der Waals surface area contributed by atoms with Crippen LogP contribution in [0.1, 0.15) is 12.5 Å². The Morgan fingerprint density at radius 3 is 2.52 bits per heavy atom. The van der Waals surface area contributed by atoms with Gasteiger partial charge in [-0.25, -0.2) is 0 Å². The van der Waals surface area contributed by atoms with Crippen LogP contribution in [0.15, 0.2) is 42.5 Å². The molecular weight excluding hydrogens is 258 g/mol. The van der Waals surface area contributed by atoms with Crippen LogP contribution in [-0.4, -0.2) is 42.0 Å². The molecule has 0 aromatic heterocycles. The Balaban J connectivity index is 1.69. The predicted molar refractivity (Wildman–Crippen MR) is 85.9 cm³/mol. The Hall–Kier alpha value is -1.89. The van der Waals surface area contributed by atoms with Crippen molar-refractivity contribution in [3.8, 4) is 6.07 Å². The molecule has 0 radical (unpaired) electrons. The fraction of sp³-hybridized carbons (Fsp3) is 0.389. The molecule has 21 heavy (non-hydrogen) atoms. The maximum atomic E-state index is 9.00. The first kappa shape index (κ1) is 14.1. The van der Waals surface area contributed by atoms with E-state index in [1.54, 1.807) is 0 Å². The third-order valence-corrected chi connectivity index (χ3v) is 4.42. The van der Waals surface area contributed by atoms with Crippen molar-refractivity contribution in [2.45, 2.75) is 19.5 Å². The Kier molecular flexibility index (Phi) is 4.19. The fourth-order valence-corrected chi connectivity index (χ4v) is 3.06. The second-order valence-corrected chi connectivity index (χ2v) is 5.76. The van der Waals surface area contributed by atoms with Crippen molar-refractivity contribution >= 4 is 10.8 Å². The van der Waals surface area contributed by atoms with E-state index in [1.165, 1.54) is 16.3 Å². The van der Waals surface area contributed by atoms with Gasteiger partial charge in [-0.05, 0) is 23.3 Å². The maximum Gasteiger partial charge on any atom is 0.0950 e. The van der Waals surface area contributed by atoms with E-state index < -0.39 is 0 Å². The third-order valence-electron chi connectivity index (χ3n) is 4.42. The zero-order valence-corrected chi connectivity index (χ0v) is 12.5. The number of nitriles is 1. The molecule has 0 bridgehead atoms. The first-order chi connectivity index (χ1) is 10.3. The monoisotopic (exact) mass is 279 g/mol. The van der Waals surface area contributed by atoms with Gasteiger partial charge in [0, 0.05) is 32.7 Å². The number of rotatable bonds is 3. The van der Waals surface area contributed by atoms with Gasteiger partial charge in [-0.15, -0.1) is 0 Å². The van der Waals surface area contributed by atoms with Gasteiger partial charge in [0.05, 0.1) is 12.1 Å². The summed E-state index contributed by atoms with van der Waals surface area (Å²) in [6.07, 6.45) is 0. The SMILES string of the molecule is C[C@H](C#N)N1CCN(Cc2cccc3ccccc23)CC1. The van der Waals surface area contributed by atoms with Crippen LogP contribution >= 0.6 is 0 Å². The molecule has 1 saturated heterocycles. The number of fused-ring (bicyclic) bond motifs is 1. The molecule has 1 fully saturated rings. The van der Waals surface area contributed by atoms with Crippen molar-refractivity contribution in [1.82, 2.24) is 9.80 Å². The van der Waals surface area contributed by atoms with Crippen LogP contribution < -0.4 is 0 Å². The van der Waals surface area contributed by atoms with Gasteiger partial charge in [0.25, 0.3) is 0 Å². The predicted octanol–water partition coefficient (Wildman–Crippen LogP) is 2.87. The molecule has 1 aliphatic heterocycles. The molecule has 0 N–H and O–H groups in total. The topological polar surface area (TPSA) is 30.3 Å². The number of piperazine rings is 1. The highest BCUT2D eigenvalue weighted by molar-refractivity contribution is 5.85. The molecule has 108 valence electrons. The molecule has 3 nitrogen and oxygen atoms in total. The van der Waals surface area contributed by atoms with Gasteiger partial charge in [0.1, 0.15) is 0 Å². The zero-order chi connectivity index (χ0) is 14.7. The lowest BCUT2D eigenvalue weighted by atomic mass is 10.0. The summed E-state index contributed by atoms with van der Waals surface area (Å²) in [6.45, 7) is 7.03. The van der Waals surface area contributed by atoms with E-state index in [1.807, 2.05) is 6.92 Å². The van der Waals surface area contributed by atoms with Crippen molar-refractivity contribution in [2.75, 3.05) is 26.2 Å². The molecule has 2 aromatic carbocycles. The van der Waals surface area contributed by atoms with Crippen molar-refractivity contribution in [3.05, 3.63) is 48.0 Å². The minimum absolute atomic E-state index is 0.0321. The average Bonchev–Trinajstić information content (AvgIpc) is 2.55. The maximum absolute atomic E-state index is 9.00. The molecule has 0 spiro atoms. The van der Waals surface area contributed by atoms with Crippen LogP contribution in [0.3, 0.4) is 0 Å². The molecular formula is C18H21N3. The van der Waals surface area contributed by atoms with Crippen LogP contribution in [0.4, 0.5) is 0 Å². The molecule has 0 unspecified atom stereocenters. The average molecular weight is 279 g/mol. The summed E-state index contributed by atoms with van der Waals surface area (Å²) < 4.78 is 0. The lowest BCUT2D eigenvalue weighted by molar-refractivity contribution is 0.115. The summed E-state index contributed by atoms with van der Waals surface area (Å²) in [5, 5.41) is 11.7. The molecule has 3 rings (SSSR count). The lowest BCUT2D eigenvalue weighted by Gasteiger charge is -2.36. The highest BCUT2D eigenvalue weighted by Gasteiger charge is 2.20. The Morgan fingerprint density at radius 2 is 1.76 bits per heavy atom. The second-order valence-electron chi connectivity index (χ2n) is 5.76. The van der Waals surface area contributed by atoms with Crippen LogP contribution in [-0.2, 0) is 6.54 Å². The lowest BCUT2D eigenvalue weighted by Crippen LogP contribution is -2.48. The number of benzene rings is 2. The van der Waals surface area contributed by atoms with Gasteiger partial charge < -0.3 is 0 Å². The van der Waals surface area contributed by atoms with Crippen molar-refractivity contribution < 1.29 is 0 Å². The van der Waals surface area contributed by atoms with Gasteiger partial charge in [-0.1, -0.05) is 42.5 Å². The standard InChI is InChI=1S/C18H21N3/c1-15(13-19)21-11-9-20(10-12-21)14-17-7-4-6-16-5-2-3-8-18(16)17/h2-8,15H,9-12,14H2,1H3/t15-/m1/s1. The summed E-state index contributed by atoms with van der Waals surface area (Å²) in [4.78, 5) is 4.75. The van der Waals surface area contributed by atoms with Gasteiger partial charge in [0.15, 0.2) is 0 Å². The van der Waals surface area contributed by atoms with Crippen LogP contribution in [0.5, 0.6) is 0 Å². The largest absolute Gasteiger partial charge is 0.297 e. The first-order valence-corrected chi connectivity index (χ1v) is 7.60. The number of hydrogen-bond donors (Lipinski definition) is 0. The summed E-state index contributed by atoms with van der Waals surface area (Å²) in [5.74, 6) is 0. The summed E-state index contributed by atoms with van der Waals surface area (Å²) >= 11 is 0. The molecule has 1 aliphatic rings. The van der Waals surface area contributed by atoms with Crippen molar-refractivity contribution in [2.24, 2.45) is 0 Å². The Bertz CT molecular complexity index is 646. The van der Waals surface area contributed by atoms with Crippen LogP contribution in [0, 0.1) is 11.3 Å². The third kappa shape index (κ3) is 3.07. The molecule has 1 heterocycles. The minimum Gasteiger partial charge on any atom is -0.297 e. The van der Waals surface area contributed by atoms with E-state index in [2.05, 4.69) is 58.3 Å². The molecule has 1 atom stereocenters. The van der Waals surface area contributed by atoms with Crippen LogP contribution in [0.25, 0.3) is 10.8 Å². The highest BCUT2D eigenvalue weighted by Crippen LogP contribution is 2.20. The quantitative estimate of drug-likeness (QED) is 0.865. The molecule has 2 aromatic rings. The zero-order valence-electron chi connectivity index (χ0n) is 12.5. The Labute approximate surface area is 126 Å². The summed E-state index contributed by atoms with van der Waals surface area (Å²) in [5.41, 5.74) is 1.40. The number of hydrogen-bond acceptors (Lipinski definition) is 3. The van der Waals surface area contributed by atoms with Gasteiger partial charge in [-0.3, -0.25) is 9.80 Å². The van der Waals surface area contributed by atoms with Crippen LogP contribution in [0.2, 0.25) is 0 Å². The van der Waals surface area contributed by atoms with E-state index in [9.17, 15) is 0 Å².